The van der Waals surface area contributed by atoms with E-state index < -0.39 is 10.8 Å². The molecule has 2 aromatic carbocycles. The number of nitrogen functional groups attached to an aromatic ring is 1. The minimum Gasteiger partial charge on any atom is -0.497 e. The SMILES string of the molecule is CC[C@@H](Sc1nc2sc(C(=O)Nc3ccc(C)cc3C)c(C)c2c(=O)n1N)C(=O)Nc1cccc(OC)c1. The van der Waals surface area contributed by atoms with Gasteiger partial charge in [0.15, 0.2) is 5.16 Å². The molecule has 4 N–H and O–H groups in total. The van der Waals surface area contributed by atoms with E-state index in [4.69, 9.17) is 10.6 Å². The molecular weight excluding hydrogens is 522 g/mol. The number of thiophene rings is 1. The van der Waals surface area contributed by atoms with Crippen LogP contribution in [0.4, 0.5) is 11.4 Å². The Kier molecular flexibility index (Phi) is 8.08. The monoisotopic (exact) mass is 551 g/mol. The maximum atomic E-state index is 13.2. The number of thioether (sulfide) groups is 1. The van der Waals surface area contributed by atoms with E-state index in [9.17, 15) is 14.4 Å². The second-order valence-corrected chi connectivity index (χ2v) is 11.0. The minimum atomic E-state index is -0.561. The van der Waals surface area contributed by atoms with E-state index in [1.807, 2.05) is 39.0 Å². The van der Waals surface area contributed by atoms with Crippen molar-refractivity contribution in [2.24, 2.45) is 0 Å². The number of nitrogens with two attached hydrogens (primary N) is 1. The molecule has 0 radical (unpaired) electrons. The molecule has 0 saturated carbocycles. The van der Waals surface area contributed by atoms with Gasteiger partial charge in [-0.3, -0.25) is 14.4 Å². The van der Waals surface area contributed by atoms with Crippen molar-refractivity contribution >= 4 is 56.5 Å². The summed E-state index contributed by atoms with van der Waals surface area (Å²) in [6.07, 6.45) is 0.474. The number of rotatable bonds is 8. The van der Waals surface area contributed by atoms with Crippen molar-refractivity contribution in [3.63, 3.8) is 0 Å². The molecule has 4 rings (SSSR count). The number of carbonyl (C=O) groups excluding carboxylic acids is 2. The van der Waals surface area contributed by atoms with Crippen molar-refractivity contribution in [2.75, 3.05) is 23.6 Å². The van der Waals surface area contributed by atoms with Crippen molar-refractivity contribution < 1.29 is 14.3 Å². The summed E-state index contributed by atoms with van der Waals surface area (Å²) in [5, 5.41) is 5.72. The molecule has 2 heterocycles. The molecular formula is C27H29N5O4S2. The number of hydrogen-bond donors (Lipinski definition) is 3. The first-order chi connectivity index (χ1) is 18.1. The Morgan fingerprint density at radius 3 is 2.61 bits per heavy atom. The zero-order valence-electron chi connectivity index (χ0n) is 21.7. The van der Waals surface area contributed by atoms with Gasteiger partial charge in [0.05, 0.1) is 22.6 Å². The van der Waals surface area contributed by atoms with Gasteiger partial charge in [0.25, 0.3) is 11.5 Å². The summed E-state index contributed by atoms with van der Waals surface area (Å²) in [6, 6.07) is 12.8. The summed E-state index contributed by atoms with van der Waals surface area (Å²) in [4.78, 5) is 44.7. The molecule has 0 aliphatic carbocycles. The molecule has 11 heteroatoms. The predicted molar refractivity (Wildman–Crippen MR) is 154 cm³/mol. The Morgan fingerprint density at radius 2 is 1.92 bits per heavy atom. The topological polar surface area (TPSA) is 128 Å². The van der Waals surface area contributed by atoms with Crippen molar-refractivity contribution in [2.45, 2.75) is 44.5 Å². The zero-order valence-corrected chi connectivity index (χ0v) is 23.4. The van der Waals surface area contributed by atoms with Gasteiger partial charge in [-0.15, -0.1) is 11.3 Å². The number of methoxy groups -OCH3 is 1. The smallest absolute Gasteiger partial charge is 0.281 e. The quantitative estimate of drug-likeness (QED) is 0.162. The molecule has 0 spiro atoms. The molecule has 38 heavy (non-hydrogen) atoms. The molecule has 0 aliphatic heterocycles. The van der Waals surface area contributed by atoms with E-state index in [0.717, 1.165) is 38.9 Å². The van der Waals surface area contributed by atoms with E-state index in [1.54, 1.807) is 38.3 Å². The molecule has 0 fully saturated rings. The van der Waals surface area contributed by atoms with Gasteiger partial charge in [0, 0.05) is 17.4 Å². The third kappa shape index (κ3) is 5.53. The summed E-state index contributed by atoms with van der Waals surface area (Å²) in [5.74, 6) is 6.18. The molecule has 0 saturated heterocycles. The van der Waals surface area contributed by atoms with Crippen LogP contribution in [0.3, 0.4) is 0 Å². The first-order valence-corrected chi connectivity index (χ1v) is 13.6. The Morgan fingerprint density at radius 1 is 1.16 bits per heavy atom. The number of hydrogen-bond acceptors (Lipinski definition) is 8. The lowest BCUT2D eigenvalue weighted by molar-refractivity contribution is -0.115. The predicted octanol–water partition coefficient (Wildman–Crippen LogP) is 4.87. The van der Waals surface area contributed by atoms with Gasteiger partial charge in [-0.25, -0.2) is 9.66 Å². The number of nitrogens with one attached hydrogen (secondary N) is 2. The molecule has 1 atom stereocenters. The molecule has 198 valence electrons. The van der Waals surface area contributed by atoms with E-state index in [2.05, 4.69) is 15.6 Å². The van der Waals surface area contributed by atoms with Gasteiger partial charge in [-0.2, -0.15) is 0 Å². The lowest BCUT2D eigenvalue weighted by atomic mass is 10.1. The fraction of sp³-hybridized carbons (Fsp3) is 0.259. The Labute approximate surface area is 228 Å². The number of ether oxygens (including phenoxy) is 1. The number of anilines is 2. The Hall–Kier alpha value is -3.83. The lowest BCUT2D eigenvalue weighted by Gasteiger charge is -2.16. The number of nitrogens with zero attached hydrogens (tertiary/aromatic N) is 2. The second-order valence-electron chi connectivity index (χ2n) is 8.81. The second kappa shape index (κ2) is 11.3. The Balaban J connectivity index is 1.61. The van der Waals surface area contributed by atoms with Crippen molar-refractivity contribution in [3.05, 3.63) is 74.4 Å². The van der Waals surface area contributed by atoms with E-state index in [0.29, 0.717) is 44.2 Å². The number of aryl methyl sites for hydroxylation is 3. The summed E-state index contributed by atoms with van der Waals surface area (Å²) >= 11 is 2.23. The highest BCUT2D eigenvalue weighted by Crippen LogP contribution is 2.32. The van der Waals surface area contributed by atoms with E-state index >= 15 is 0 Å². The molecule has 2 aromatic heterocycles. The van der Waals surface area contributed by atoms with Gasteiger partial charge < -0.3 is 21.2 Å². The highest BCUT2D eigenvalue weighted by Gasteiger charge is 2.25. The summed E-state index contributed by atoms with van der Waals surface area (Å²) in [5.41, 5.74) is 3.37. The number of benzene rings is 2. The van der Waals surface area contributed by atoms with Crippen LogP contribution in [0.5, 0.6) is 5.75 Å². The molecule has 4 aromatic rings. The highest BCUT2D eigenvalue weighted by atomic mass is 32.2. The van der Waals surface area contributed by atoms with E-state index in [-0.39, 0.29) is 17.0 Å². The third-order valence-corrected chi connectivity index (χ3v) is 8.56. The summed E-state index contributed by atoms with van der Waals surface area (Å²) < 4.78 is 6.16. The van der Waals surface area contributed by atoms with Gasteiger partial charge >= 0.3 is 0 Å². The zero-order chi connectivity index (χ0) is 27.6. The lowest BCUT2D eigenvalue weighted by Crippen LogP contribution is -2.32. The van der Waals surface area contributed by atoms with Crippen molar-refractivity contribution in [3.8, 4) is 5.75 Å². The van der Waals surface area contributed by atoms with Gasteiger partial charge in [0.2, 0.25) is 5.91 Å². The first kappa shape index (κ1) is 27.2. The highest BCUT2D eigenvalue weighted by molar-refractivity contribution is 8.00. The molecule has 0 bridgehead atoms. The van der Waals surface area contributed by atoms with Crippen LogP contribution in [-0.2, 0) is 4.79 Å². The molecule has 2 amide bonds. The number of carbonyl (C=O) groups is 2. The maximum absolute atomic E-state index is 13.2. The van der Waals surface area contributed by atoms with Crippen LogP contribution in [0.2, 0.25) is 0 Å². The fourth-order valence-corrected chi connectivity index (χ4v) is 6.03. The van der Waals surface area contributed by atoms with Gasteiger partial charge in [0.1, 0.15) is 10.6 Å². The largest absolute Gasteiger partial charge is 0.497 e. The van der Waals surface area contributed by atoms with Crippen molar-refractivity contribution in [1.29, 1.82) is 0 Å². The van der Waals surface area contributed by atoms with Crippen LogP contribution in [0.1, 0.15) is 39.7 Å². The fourth-order valence-electron chi connectivity index (χ4n) is 3.98. The summed E-state index contributed by atoms with van der Waals surface area (Å²) in [6.45, 7) is 7.49. The molecule has 0 unspecified atom stereocenters. The first-order valence-electron chi connectivity index (χ1n) is 11.9. The number of aromatic nitrogens is 2. The minimum absolute atomic E-state index is 0.192. The van der Waals surface area contributed by atoms with Crippen LogP contribution < -0.4 is 26.8 Å². The molecule has 0 aliphatic rings. The van der Waals surface area contributed by atoms with Crippen LogP contribution >= 0.6 is 23.1 Å². The summed E-state index contributed by atoms with van der Waals surface area (Å²) in [7, 11) is 1.55. The normalized spacial score (nSPS) is 11.8. The third-order valence-electron chi connectivity index (χ3n) is 6.05. The van der Waals surface area contributed by atoms with Gasteiger partial charge in [-0.1, -0.05) is 42.4 Å². The number of amides is 2. The average Bonchev–Trinajstić information content (AvgIpc) is 3.23. The van der Waals surface area contributed by atoms with Crippen molar-refractivity contribution in [1.82, 2.24) is 9.66 Å². The standard InChI is InChI=1S/C27H29N5O4S2/c1-6-20(23(33)29-17-8-7-9-18(13-17)36-5)37-27-31-25-21(26(35)32(27)28)16(4)22(38-25)24(34)30-19-11-10-14(2)12-15(19)3/h7-13,20H,6,28H2,1-5H3,(H,29,33)(H,30,34)/t20-/m1/s1. The Bertz CT molecular complexity index is 1590. The van der Waals surface area contributed by atoms with Crippen LogP contribution in [-0.4, -0.2) is 33.8 Å². The molecule has 9 nitrogen and oxygen atoms in total. The van der Waals surface area contributed by atoms with Gasteiger partial charge in [-0.05, 0) is 56.5 Å². The average molecular weight is 552 g/mol. The van der Waals surface area contributed by atoms with E-state index in [1.165, 1.54) is 0 Å². The van der Waals surface area contributed by atoms with Crippen LogP contribution in [0, 0.1) is 20.8 Å². The van der Waals surface area contributed by atoms with Crippen LogP contribution in [0.15, 0.2) is 52.4 Å². The number of fused-ring (bicyclic) bond motifs is 1. The maximum Gasteiger partial charge on any atom is 0.281 e. The van der Waals surface area contributed by atoms with Crippen LogP contribution in [0.25, 0.3) is 10.2 Å².